The zero-order valence-corrected chi connectivity index (χ0v) is 9.82. The molecule has 1 saturated carbocycles. The molecule has 1 aliphatic carbocycles. The Kier molecular flexibility index (Phi) is 3.50. The van der Waals surface area contributed by atoms with E-state index in [2.05, 4.69) is 0 Å². The van der Waals surface area contributed by atoms with Crippen LogP contribution in [0.3, 0.4) is 0 Å². The number of rotatable bonds is 3. The van der Waals surface area contributed by atoms with E-state index >= 15 is 0 Å². The van der Waals surface area contributed by atoms with Gasteiger partial charge in [-0.2, -0.15) is 0 Å². The molecule has 0 spiro atoms. The van der Waals surface area contributed by atoms with Crippen LogP contribution in [0, 0.1) is 5.92 Å². The van der Waals surface area contributed by atoms with Crippen LogP contribution in [0.2, 0.25) is 0 Å². The first-order chi connectivity index (χ1) is 7.65. The first-order valence-electron chi connectivity index (χ1n) is 6.35. The Labute approximate surface area is 96.8 Å². The van der Waals surface area contributed by atoms with E-state index in [1.54, 1.807) is 0 Å². The van der Waals surface area contributed by atoms with Crippen molar-refractivity contribution < 1.29 is 9.90 Å². The van der Waals surface area contributed by atoms with Gasteiger partial charge in [0, 0.05) is 19.7 Å². The minimum absolute atomic E-state index is 0.144. The van der Waals surface area contributed by atoms with Gasteiger partial charge in [0.05, 0.1) is 5.54 Å². The summed E-state index contributed by atoms with van der Waals surface area (Å²) in [6.45, 7) is 1.83. The van der Waals surface area contributed by atoms with Crippen molar-refractivity contribution in [2.75, 3.05) is 19.7 Å². The van der Waals surface area contributed by atoms with Crippen LogP contribution < -0.4 is 5.73 Å². The Morgan fingerprint density at radius 3 is 2.75 bits per heavy atom. The molecule has 1 heterocycles. The Morgan fingerprint density at radius 2 is 2.12 bits per heavy atom. The maximum atomic E-state index is 12.3. The zero-order chi connectivity index (χ0) is 11.6. The van der Waals surface area contributed by atoms with E-state index in [-0.39, 0.29) is 12.5 Å². The van der Waals surface area contributed by atoms with Crippen molar-refractivity contribution in [3.63, 3.8) is 0 Å². The number of hydrogen-bond acceptors (Lipinski definition) is 3. The third-order valence-electron chi connectivity index (χ3n) is 4.03. The van der Waals surface area contributed by atoms with Gasteiger partial charge in [0.15, 0.2) is 0 Å². The van der Waals surface area contributed by atoms with Crippen LogP contribution in [0.15, 0.2) is 0 Å². The van der Waals surface area contributed by atoms with E-state index in [1.165, 1.54) is 0 Å². The molecule has 1 aliphatic heterocycles. The summed E-state index contributed by atoms with van der Waals surface area (Å²) in [5.74, 6) is 0.615. The van der Waals surface area contributed by atoms with E-state index in [1.807, 2.05) is 4.90 Å². The fourth-order valence-corrected chi connectivity index (χ4v) is 2.97. The molecule has 1 amide bonds. The highest BCUT2D eigenvalue weighted by molar-refractivity contribution is 5.86. The van der Waals surface area contributed by atoms with Gasteiger partial charge in [-0.15, -0.1) is 0 Å². The second-order valence-electron chi connectivity index (χ2n) is 5.28. The Hall–Kier alpha value is -0.610. The highest BCUT2D eigenvalue weighted by Crippen LogP contribution is 2.31. The summed E-state index contributed by atoms with van der Waals surface area (Å²) in [5, 5.41) is 8.89. The molecule has 1 atom stereocenters. The molecule has 16 heavy (non-hydrogen) atoms. The predicted octanol–water partition coefficient (Wildman–Crippen LogP) is 0.489. The molecule has 1 saturated heterocycles. The molecular weight excluding hydrogens is 204 g/mol. The van der Waals surface area contributed by atoms with Gasteiger partial charge in [-0.3, -0.25) is 4.79 Å². The number of carbonyl (C=O) groups excluding carboxylic acids is 1. The Balaban J connectivity index is 1.91. The van der Waals surface area contributed by atoms with E-state index in [0.717, 1.165) is 51.6 Å². The third-order valence-corrected chi connectivity index (χ3v) is 4.03. The van der Waals surface area contributed by atoms with E-state index < -0.39 is 5.54 Å². The molecule has 2 rings (SSSR count). The normalized spacial score (nSPS) is 28.6. The molecule has 2 fully saturated rings. The summed E-state index contributed by atoms with van der Waals surface area (Å²) < 4.78 is 0. The van der Waals surface area contributed by atoms with Crippen LogP contribution in [0.1, 0.15) is 38.5 Å². The lowest BCUT2D eigenvalue weighted by Gasteiger charge is -2.28. The first-order valence-corrected chi connectivity index (χ1v) is 6.35. The van der Waals surface area contributed by atoms with Gasteiger partial charge in [-0.05, 0) is 31.6 Å². The van der Waals surface area contributed by atoms with Crippen LogP contribution in [-0.2, 0) is 4.79 Å². The lowest BCUT2D eigenvalue weighted by molar-refractivity contribution is -0.135. The lowest BCUT2D eigenvalue weighted by Crippen LogP contribution is -2.52. The number of hydrogen-bond donors (Lipinski definition) is 2. The summed E-state index contributed by atoms with van der Waals surface area (Å²) in [6.07, 6.45) is 5.66. The third kappa shape index (κ3) is 2.23. The highest BCUT2D eigenvalue weighted by Gasteiger charge is 2.41. The largest absolute Gasteiger partial charge is 0.396 e. The van der Waals surface area contributed by atoms with Gasteiger partial charge >= 0.3 is 0 Å². The van der Waals surface area contributed by atoms with Gasteiger partial charge in [-0.25, -0.2) is 0 Å². The number of likely N-dealkylation sites (tertiary alicyclic amines) is 1. The van der Waals surface area contributed by atoms with E-state index in [0.29, 0.717) is 5.92 Å². The van der Waals surface area contributed by atoms with Gasteiger partial charge in [-0.1, -0.05) is 12.8 Å². The summed E-state index contributed by atoms with van der Waals surface area (Å²) in [6, 6.07) is 0. The molecule has 0 aromatic rings. The molecular formula is C12H22N2O2. The average molecular weight is 226 g/mol. The van der Waals surface area contributed by atoms with Crippen molar-refractivity contribution in [2.45, 2.75) is 44.1 Å². The second kappa shape index (κ2) is 4.72. The number of carbonyl (C=O) groups is 1. The van der Waals surface area contributed by atoms with E-state index in [9.17, 15) is 4.79 Å². The number of aliphatic hydroxyl groups is 1. The van der Waals surface area contributed by atoms with Crippen LogP contribution in [0.5, 0.6) is 0 Å². The molecule has 0 bridgehead atoms. The fraction of sp³-hybridized carbons (Fsp3) is 0.917. The zero-order valence-electron chi connectivity index (χ0n) is 9.82. The average Bonchev–Trinajstić information content (AvgIpc) is 2.88. The Morgan fingerprint density at radius 1 is 1.44 bits per heavy atom. The first kappa shape index (κ1) is 11.9. The molecule has 92 valence electrons. The summed E-state index contributed by atoms with van der Waals surface area (Å²) in [5.41, 5.74) is 5.59. The standard InChI is InChI=1S/C12H22N2O2/c13-12(5-1-2-6-12)11(16)14-7-3-10(9-14)4-8-15/h10,15H,1-9,13H2. The van der Waals surface area contributed by atoms with E-state index in [4.69, 9.17) is 10.8 Å². The van der Waals surface area contributed by atoms with Crippen molar-refractivity contribution in [1.29, 1.82) is 0 Å². The molecule has 2 aliphatic rings. The van der Waals surface area contributed by atoms with Crippen molar-refractivity contribution in [2.24, 2.45) is 11.7 Å². The minimum atomic E-state index is -0.575. The highest BCUT2D eigenvalue weighted by atomic mass is 16.3. The van der Waals surface area contributed by atoms with Crippen molar-refractivity contribution in [3.8, 4) is 0 Å². The fourth-order valence-electron chi connectivity index (χ4n) is 2.97. The van der Waals surface area contributed by atoms with Crippen LogP contribution in [0.25, 0.3) is 0 Å². The maximum Gasteiger partial charge on any atom is 0.242 e. The number of aliphatic hydroxyl groups excluding tert-OH is 1. The second-order valence-corrected chi connectivity index (χ2v) is 5.28. The number of amides is 1. The summed E-state index contributed by atoms with van der Waals surface area (Å²) in [7, 11) is 0. The van der Waals surface area contributed by atoms with Crippen LogP contribution >= 0.6 is 0 Å². The SMILES string of the molecule is NC1(C(=O)N2CCC(CCO)C2)CCCC1. The predicted molar refractivity (Wildman–Crippen MR) is 61.8 cm³/mol. The minimum Gasteiger partial charge on any atom is -0.396 e. The summed E-state index contributed by atoms with van der Waals surface area (Å²) in [4.78, 5) is 14.2. The molecule has 4 nitrogen and oxygen atoms in total. The molecule has 0 radical (unpaired) electrons. The molecule has 0 aromatic heterocycles. The van der Waals surface area contributed by atoms with Crippen molar-refractivity contribution >= 4 is 5.91 Å². The smallest absolute Gasteiger partial charge is 0.242 e. The van der Waals surface area contributed by atoms with Gasteiger partial charge in [0.2, 0.25) is 5.91 Å². The molecule has 4 heteroatoms. The number of nitrogens with zero attached hydrogens (tertiary/aromatic N) is 1. The Bertz CT molecular complexity index is 262. The quantitative estimate of drug-likeness (QED) is 0.736. The lowest BCUT2D eigenvalue weighted by atomic mass is 9.97. The maximum absolute atomic E-state index is 12.3. The van der Waals surface area contributed by atoms with Crippen molar-refractivity contribution in [3.05, 3.63) is 0 Å². The van der Waals surface area contributed by atoms with Crippen LogP contribution in [0.4, 0.5) is 0 Å². The van der Waals surface area contributed by atoms with Gasteiger partial charge in [0.25, 0.3) is 0 Å². The molecule has 1 unspecified atom stereocenters. The van der Waals surface area contributed by atoms with Crippen LogP contribution in [-0.4, -0.2) is 41.1 Å². The number of nitrogens with two attached hydrogens (primary N) is 1. The molecule has 0 aromatic carbocycles. The summed E-state index contributed by atoms with van der Waals surface area (Å²) >= 11 is 0. The van der Waals surface area contributed by atoms with Gasteiger partial charge in [0.1, 0.15) is 0 Å². The topological polar surface area (TPSA) is 66.6 Å². The van der Waals surface area contributed by atoms with Gasteiger partial charge < -0.3 is 15.7 Å². The molecule has 3 N–H and O–H groups in total. The van der Waals surface area contributed by atoms with Crippen molar-refractivity contribution in [1.82, 2.24) is 4.90 Å². The monoisotopic (exact) mass is 226 g/mol.